The van der Waals surface area contributed by atoms with Crippen molar-refractivity contribution in [2.45, 2.75) is 0 Å². The number of halogens is 2. The predicted octanol–water partition coefficient (Wildman–Crippen LogP) is 2.84. The molecule has 0 N–H and O–H groups in total. The Morgan fingerprint density at radius 3 is 1.92 bits per heavy atom. The first-order chi connectivity index (χ1) is 5.72. The molecule has 0 saturated carbocycles. The van der Waals surface area contributed by atoms with Crippen molar-refractivity contribution in [1.82, 2.24) is 4.90 Å². The molecule has 0 rings (SSSR count). The maximum atomic E-state index is 10.8. The fourth-order valence-electron chi connectivity index (χ4n) is 0.565. The van der Waals surface area contributed by atoms with E-state index in [0.717, 1.165) is 0 Å². The van der Waals surface area contributed by atoms with Crippen LogP contribution in [0.1, 0.15) is 0 Å². The Bertz CT molecular complexity index is 180. The van der Waals surface area contributed by atoms with Crippen molar-refractivity contribution < 1.29 is 4.79 Å². The van der Waals surface area contributed by atoms with Crippen LogP contribution in [0.15, 0.2) is 23.2 Å². The van der Waals surface area contributed by atoms with Crippen molar-refractivity contribution in [3.05, 3.63) is 23.2 Å². The zero-order valence-electron chi connectivity index (χ0n) is 6.28. The van der Waals surface area contributed by atoms with Crippen LogP contribution in [-0.4, -0.2) is 23.2 Å². The lowest BCUT2D eigenvalue weighted by molar-refractivity contribution is 0.233. The van der Waals surface area contributed by atoms with Crippen LogP contribution >= 0.6 is 35.8 Å². The van der Waals surface area contributed by atoms with Crippen molar-refractivity contribution in [3.63, 3.8) is 0 Å². The largest absolute Gasteiger partial charge is 0.326 e. The highest BCUT2D eigenvalue weighted by molar-refractivity contribution is 7.96. The molecule has 12 heavy (non-hydrogen) atoms. The van der Waals surface area contributed by atoms with Gasteiger partial charge in [0.25, 0.3) is 5.24 Å². The maximum absolute atomic E-state index is 10.8. The van der Waals surface area contributed by atoms with Crippen molar-refractivity contribution >= 4 is 41.1 Å². The summed E-state index contributed by atoms with van der Waals surface area (Å²) in [6.07, 6.45) is 3.30. The molecule has 0 aliphatic carbocycles. The van der Waals surface area contributed by atoms with Crippen molar-refractivity contribution in [1.29, 1.82) is 0 Å². The molecular formula is C7H9Cl2NOS. The van der Waals surface area contributed by atoms with Gasteiger partial charge < -0.3 is 4.90 Å². The zero-order chi connectivity index (χ0) is 9.40. The average molecular weight is 226 g/mol. The fraction of sp³-hybridized carbons (Fsp3) is 0.286. The molecule has 5 heteroatoms. The van der Waals surface area contributed by atoms with Crippen LogP contribution in [0.2, 0.25) is 0 Å². The third-order valence-corrected chi connectivity index (χ3v) is 1.74. The lowest BCUT2D eigenvalue weighted by Gasteiger charge is -2.15. The highest BCUT2D eigenvalue weighted by Crippen LogP contribution is 1.97. The highest BCUT2D eigenvalue weighted by atomic mass is 35.5. The van der Waals surface area contributed by atoms with E-state index in [1.807, 2.05) is 0 Å². The van der Waals surface area contributed by atoms with Gasteiger partial charge in [-0.05, 0) is 0 Å². The molecule has 0 aliphatic heterocycles. The summed E-state index contributed by atoms with van der Waals surface area (Å²) in [5, 5.41) is -0.306. The minimum atomic E-state index is -0.306. The molecule has 0 radical (unpaired) electrons. The number of rotatable bonds is 4. The summed E-state index contributed by atoms with van der Waals surface area (Å²) < 4.78 is 0. The van der Waals surface area contributed by atoms with E-state index in [1.54, 1.807) is 12.2 Å². The highest BCUT2D eigenvalue weighted by Gasteiger charge is 2.03. The van der Waals surface area contributed by atoms with Gasteiger partial charge >= 0.3 is 0 Å². The van der Waals surface area contributed by atoms with E-state index in [2.05, 4.69) is 12.6 Å². The summed E-state index contributed by atoms with van der Waals surface area (Å²) >= 11 is 14.3. The van der Waals surface area contributed by atoms with E-state index in [-0.39, 0.29) is 5.24 Å². The maximum Gasteiger partial charge on any atom is 0.279 e. The SMILES string of the molecule is O=C(S)N(CC=CCl)CC=CCl. The molecule has 0 aromatic rings. The Morgan fingerprint density at radius 2 is 1.67 bits per heavy atom. The second-order valence-corrected chi connectivity index (χ2v) is 2.80. The normalized spacial score (nSPS) is 11.2. The molecule has 0 aromatic heterocycles. The van der Waals surface area contributed by atoms with Gasteiger partial charge in [-0.2, -0.15) is 0 Å². The summed E-state index contributed by atoms with van der Waals surface area (Å²) in [6.45, 7) is 0.875. The molecule has 0 spiro atoms. The van der Waals surface area contributed by atoms with Crippen LogP contribution in [0.25, 0.3) is 0 Å². The lowest BCUT2D eigenvalue weighted by Crippen LogP contribution is -2.26. The first-order valence-corrected chi connectivity index (χ1v) is 4.52. The molecule has 1 amide bonds. The summed E-state index contributed by atoms with van der Waals surface area (Å²) in [5.74, 6) is 0. The zero-order valence-corrected chi connectivity index (χ0v) is 8.69. The van der Waals surface area contributed by atoms with Crippen LogP contribution in [-0.2, 0) is 0 Å². The van der Waals surface area contributed by atoms with Crippen LogP contribution in [0.5, 0.6) is 0 Å². The molecule has 0 heterocycles. The second-order valence-electron chi connectivity index (χ2n) is 1.91. The topological polar surface area (TPSA) is 20.3 Å². The lowest BCUT2D eigenvalue weighted by atomic mass is 10.5. The molecule has 0 fully saturated rings. The van der Waals surface area contributed by atoms with Gasteiger partial charge in [-0.25, -0.2) is 0 Å². The first kappa shape index (κ1) is 11.9. The Morgan fingerprint density at radius 1 is 1.25 bits per heavy atom. The van der Waals surface area contributed by atoms with Gasteiger partial charge in [-0.15, -0.1) is 0 Å². The van der Waals surface area contributed by atoms with Gasteiger partial charge in [0, 0.05) is 24.2 Å². The van der Waals surface area contributed by atoms with E-state index in [9.17, 15) is 4.79 Å². The van der Waals surface area contributed by atoms with E-state index in [0.29, 0.717) is 13.1 Å². The molecule has 0 saturated heterocycles. The van der Waals surface area contributed by atoms with Crippen molar-refractivity contribution in [3.8, 4) is 0 Å². The fourth-order valence-corrected chi connectivity index (χ4v) is 0.888. The van der Waals surface area contributed by atoms with Gasteiger partial charge in [0.1, 0.15) is 0 Å². The molecule has 2 nitrogen and oxygen atoms in total. The van der Waals surface area contributed by atoms with E-state index < -0.39 is 0 Å². The third-order valence-electron chi connectivity index (χ3n) is 1.10. The van der Waals surface area contributed by atoms with Gasteiger partial charge in [-0.3, -0.25) is 4.79 Å². The smallest absolute Gasteiger partial charge is 0.279 e. The molecule has 0 atom stereocenters. The first-order valence-electron chi connectivity index (χ1n) is 3.20. The summed E-state index contributed by atoms with van der Waals surface area (Å²) in [4.78, 5) is 12.3. The number of amides is 1. The minimum absolute atomic E-state index is 0.306. The van der Waals surface area contributed by atoms with Crippen LogP contribution in [0.4, 0.5) is 4.79 Å². The van der Waals surface area contributed by atoms with Crippen molar-refractivity contribution in [2.75, 3.05) is 13.1 Å². The standard InChI is InChI=1S/C7H9Cl2NOS/c8-3-1-5-10(7(11)12)6-2-4-9/h1-4H,5-6H2,(H,11,12). The second kappa shape index (κ2) is 7.53. The van der Waals surface area contributed by atoms with Gasteiger partial charge in [0.05, 0.1) is 0 Å². The van der Waals surface area contributed by atoms with Crippen LogP contribution in [0, 0.1) is 0 Å². The summed E-state index contributed by atoms with van der Waals surface area (Å²) in [6, 6.07) is 0. The van der Waals surface area contributed by atoms with Crippen molar-refractivity contribution in [2.24, 2.45) is 0 Å². The Labute approximate surface area is 87.2 Å². The molecule has 0 aliphatic rings. The number of carbonyl (C=O) groups excluding carboxylic acids is 1. The number of carbonyl (C=O) groups is 1. The average Bonchev–Trinajstić information content (AvgIpc) is 2.04. The molecule has 0 bridgehead atoms. The van der Waals surface area contributed by atoms with E-state index >= 15 is 0 Å². The van der Waals surface area contributed by atoms with E-state index in [1.165, 1.54) is 16.0 Å². The monoisotopic (exact) mass is 225 g/mol. The van der Waals surface area contributed by atoms with Gasteiger partial charge in [-0.1, -0.05) is 48.0 Å². The van der Waals surface area contributed by atoms with E-state index in [4.69, 9.17) is 23.2 Å². The summed E-state index contributed by atoms with van der Waals surface area (Å²) in [7, 11) is 0. The Balaban J connectivity index is 3.95. The minimum Gasteiger partial charge on any atom is -0.326 e. The van der Waals surface area contributed by atoms with Crippen LogP contribution < -0.4 is 0 Å². The quantitative estimate of drug-likeness (QED) is 0.731. The summed E-state index contributed by atoms with van der Waals surface area (Å²) in [5.41, 5.74) is 2.71. The molecule has 0 unspecified atom stereocenters. The number of thiol groups is 1. The Kier molecular flexibility index (Phi) is 7.45. The molecule has 0 aromatic carbocycles. The molecular weight excluding hydrogens is 217 g/mol. The number of hydrogen-bond donors (Lipinski definition) is 1. The Hall–Kier alpha value is -0.120. The predicted molar refractivity (Wildman–Crippen MR) is 55.9 cm³/mol. The van der Waals surface area contributed by atoms with Crippen LogP contribution in [0.3, 0.4) is 0 Å². The molecule has 68 valence electrons. The number of hydrogen-bond acceptors (Lipinski definition) is 1. The number of nitrogens with zero attached hydrogens (tertiary/aromatic N) is 1. The third kappa shape index (κ3) is 5.52. The van der Waals surface area contributed by atoms with Gasteiger partial charge in [0.15, 0.2) is 0 Å². The van der Waals surface area contributed by atoms with Gasteiger partial charge in [0.2, 0.25) is 0 Å².